The third-order valence-electron chi connectivity index (χ3n) is 4.25. The molecule has 0 aliphatic carbocycles. The number of hydrogen-bond acceptors (Lipinski definition) is 6. The minimum absolute atomic E-state index is 0.380. The van der Waals surface area contributed by atoms with Crippen molar-refractivity contribution in [2.24, 2.45) is 0 Å². The minimum Gasteiger partial charge on any atom is -0.399 e. The average Bonchev–Trinajstić information content (AvgIpc) is 2.68. The van der Waals surface area contributed by atoms with Crippen molar-refractivity contribution in [2.75, 3.05) is 5.73 Å². The van der Waals surface area contributed by atoms with E-state index in [2.05, 4.69) is 15.0 Å². The second-order valence-electron chi connectivity index (χ2n) is 6.42. The summed E-state index contributed by atoms with van der Waals surface area (Å²) in [7, 11) is -0.445. The lowest BCUT2D eigenvalue weighted by Crippen LogP contribution is -2.41. The number of rotatable bonds is 2. The van der Waals surface area contributed by atoms with Crippen LogP contribution >= 0.6 is 0 Å². The molecule has 2 aromatic rings. The number of nitrogens with two attached hydrogens (primary N) is 1. The van der Waals surface area contributed by atoms with Crippen LogP contribution in [0, 0.1) is 0 Å². The standard InChI is InChI=1S/C15H19BN4O2/c1-14(2)15(3,4)22-16(21-14)11-5-10(6-18-7-11)12-8-20-13(17)9-19-12/h5-9H,1-4H3,(H2,17,20). The Hall–Kier alpha value is -1.99. The van der Waals surface area contributed by atoms with Crippen molar-refractivity contribution in [3.63, 3.8) is 0 Å². The first kappa shape index (κ1) is 14.9. The summed E-state index contributed by atoms with van der Waals surface area (Å²) < 4.78 is 12.1. The third kappa shape index (κ3) is 2.57. The van der Waals surface area contributed by atoms with Crippen LogP contribution in [0.25, 0.3) is 11.3 Å². The van der Waals surface area contributed by atoms with Gasteiger partial charge in [0.15, 0.2) is 0 Å². The van der Waals surface area contributed by atoms with Gasteiger partial charge in [-0.05, 0) is 33.8 Å². The van der Waals surface area contributed by atoms with E-state index in [1.807, 2.05) is 33.8 Å². The van der Waals surface area contributed by atoms with E-state index in [1.165, 1.54) is 6.20 Å². The maximum absolute atomic E-state index is 6.04. The van der Waals surface area contributed by atoms with E-state index in [0.29, 0.717) is 11.5 Å². The Morgan fingerprint density at radius 1 is 0.955 bits per heavy atom. The van der Waals surface area contributed by atoms with Gasteiger partial charge in [-0.15, -0.1) is 0 Å². The van der Waals surface area contributed by atoms with Crippen molar-refractivity contribution in [3.05, 3.63) is 30.9 Å². The lowest BCUT2D eigenvalue weighted by Gasteiger charge is -2.32. The molecule has 114 valence electrons. The zero-order valence-electron chi connectivity index (χ0n) is 13.2. The molecule has 0 amide bonds. The van der Waals surface area contributed by atoms with Crippen LogP contribution in [0.5, 0.6) is 0 Å². The third-order valence-corrected chi connectivity index (χ3v) is 4.25. The summed E-state index contributed by atoms with van der Waals surface area (Å²) in [6.45, 7) is 8.09. The van der Waals surface area contributed by atoms with Gasteiger partial charge in [-0.3, -0.25) is 9.97 Å². The number of hydrogen-bond donors (Lipinski definition) is 1. The lowest BCUT2D eigenvalue weighted by atomic mass is 9.79. The Morgan fingerprint density at radius 2 is 1.64 bits per heavy atom. The maximum Gasteiger partial charge on any atom is 0.496 e. The molecule has 2 N–H and O–H groups in total. The first-order chi connectivity index (χ1) is 10.3. The Labute approximate surface area is 130 Å². The molecule has 1 saturated heterocycles. The van der Waals surface area contributed by atoms with Crippen molar-refractivity contribution < 1.29 is 9.31 Å². The SMILES string of the molecule is CC1(C)OB(c2cncc(-c3cnc(N)cn3)c2)OC1(C)C. The van der Waals surface area contributed by atoms with Gasteiger partial charge in [0.25, 0.3) is 0 Å². The van der Waals surface area contributed by atoms with Gasteiger partial charge in [0.1, 0.15) is 5.82 Å². The molecule has 1 fully saturated rings. The normalized spacial score (nSPS) is 19.4. The fourth-order valence-electron chi connectivity index (χ4n) is 2.19. The predicted molar refractivity (Wildman–Crippen MR) is 85.4 cm³/mol. The van der Waals surface area contributed by atoms with E-state index in [4.69, 9.17) is 15.0 Å². The largest absolute Gasteiger partial charge is 0.496 e. The van der Waals surface area contributed by atoms with E-state index in [1.54, 1.807) is 18.6 Å². The van der Waals surface area contributed by atoms with Gasteiger partial charge in [0.2, 0.25) is 0 Å². The number of anilines is 1. The van der Waals surface area contributed by atoms with E-state index in [-0.39, 0.29) is 11.2 Å². The summed E-state index contributed by atoms with van der Waals surface area (Å²) in [5.41, 5.74) is 7.22. The van der Waals surface area contributed by atoms with Crippen molar-refractivity contribution in [3.8, 4) is 11.3 Å². The molecule has 7 heteroatoms. The summed E-state index contributed by atoms with van der Waals surface area (Å²) in [5.74, 6) is 0.388. The Bertz CT molecular complexity index is 672. The molecule has 3 rings (SSSR count). The molecule has 6 nitrogen and oxygen atoms in total. The number of pyridine rings is 1. The fraction of sp³-hybridized carbons (Fsp3) is 0.400. The van der Waals surface area contributed by atoms with E-state index < -0.39 is 7.12 Å². The first-order valence-electron chi connectivity index (χ1n) is 7.17. The number of nitrogens with zero attached hydrogens (tertiary/aromatic N) is 3. The number of aromatic nitrogens is 3. The molecular formula is C15H19BN4O2. The van der Waals surface area contributed by atoms with Crippen LogP contribution in [0.1, 0.15) is 27.7 Å². The average molecular weight is 298 g/mol. The predicted octanol–water partition coefficient (Wildman–Crippen LogP) is 1.42. The molecule has 1 aliphatic heterocycles. The molecule has 0 saturated carbocycles. The molecule has 0 atom stereocenters. The van der Waals surface area contributed by atoms with Crippen molar-refractivity contribution in [1.29, 1.82) is 0 Å². The second-order valence-corrected chi connectivity index (χ2v) is 6.42. The molecule has 3 heterocycles. The first-order valence-corrected chi connectivity index (χ1v) is 7.17. The fourth-order valence-corrected chi connectivity index (χ4v) is 2.19. The topological polar surface area (TPSA) is 83.2 Å². The van der Waals surface area contributed by atoms with Gasteiger partial charge in [0.05, 0.1) is 29.3 Å². The molecule has 22 heavy (non-hydrogen) atoms. The monoisotopic (exact) mass is 298 g/mol. The maximum atomic E-state index is 6.04. The van der Waals surface area contributed by atoms with Crippen molar-refractivity contribution in [1.82, 2.24) is 15.0 Å². The summed E-state index contributed by atoms with van der Waals surface area (Å²) in [6.07, 6.45) is 6.63. The summed E-state index contributed by atoms with van der Waals surface area (Å²) in [5, 5.41) is 0. The van der Waals surface area contributed by atoms with Crippen LogP contribution in [-0.2, 0) is 9.31 Å². The van der Waals surface area contributed by atoms with Gasteiger partial charge in [-0.25, -0.2) is 4.98 Å². The highest BCUT2D eigenvalue weighted by molar-refractivity contribution is 6.62. The van der Waals surface area contributed by atoms with Gasteiger partial charge < -0.3 is 15.0 Å². The van der Waals surface area contributed by atoms with E-state index in [0.717, 1.165) is 11.0 Å². The molecule has 2 aromatic heterocycles. The lowest BCUT2D eigenvalue weighted by molar-refractivity contribution is 0.00578. The smallest absolute Gasteiger partial charge is 0.399 e. The highest BCUT2D eigenvalue weighted by Gasteiger charge is 2.51. The van der Waals surface area contributed by atoms with Gasteiger partial charge in [-0.2, -0.15) is 0 Å². The van der Waals surface area contributed by atoms with Crippen LogP contribution in [0.4, 0.5) is 5.82 Å². The Kier molecular flexibility index (Phi) is 3.42. The molecule has 0 bridgehead atoms. The van der Waals surface area contributed by atoms with E-state index in [9.17, 15) is 0 Å². The summed E-state index contributed by atoms with van der Waals surface area (Å²) >= 11 is 0. The molecule has 0 aromatic carbocycles. The van der Waals surface area contributed by atoms with Crippen LogP contribution in [0.2, 0.25) is 0 Å². The molecular weight excluding hydrogens is 279 g/mol. The Morgan fingerprint density at radius 3 is 2.23 bits per heavy atom. The van der Waals surface area contributed by atoms with Crippen LogP contribution in [0.15, 0.2) is 30.9 Å². The van der Waals surface area contributed by atoms with E-state index >= 15 is 0 Å². The molecule has 0 radical (unpaired) electrons. The second kappa shape index (κ2) is 5.03. The summed E-state index contributed by atoms with van der Waals surface area (Å²) in [4.78, 5) is 12.6. The van der Waals surface area contributed by atoms with Crippen LogP contribution in [0.3, 0.4) is 0 Å². The summed E-state index contributed by atoms with van der Waals surface area (Å²) in [6, 6.07) is 1.95. The molecule has 1 aliphatic rings. The van der Waals surface area contributed by atoms with Gasteiger partial charge in [0, 0.05) is 23.4 Å². The quantitative estimate of drug-likeness (QED) is 0.844. The minimum atomic E-state index is -0.445. The zero-order valence-corrected chi connectivity index (χ0v) is 13.2. The van der Waals surface area contributed by atoms with Gasteiger partial charge in [-0.1, -0.05) is 0 Å². The van der Waals surface area contributed by atoms with Gasteiger partial charge >= 0.3 is 7.12 Å². The van der Waals surface area contributed by atoms with Crippen LogP contribution in [-0.4, -0.2) is 33.3 Å². The molecule has 0 unspecified atom stereocenters. The zero-order chi connectivity index (χ0) is 16.0. The van der Waals surface area contributed by atoms with Crippen molar-refractivity contribution in [2.45, 2.75) is 38.9 Å². The highest BCUT2D eigenvalue weighted by atomic mass is 16.7. The number of nitrogen functional groups attached to an aromatic ring is 1. The van der Waals surface area contributed by atoms with Crippen LogP contribution < -0.4 is 11.2 Å². The Balaban J connectivity index is 1.91. The highest BCUT2D eigenvalue weighted by Crippen LogP contribution is 2.36. The molecule has 0 spiro atoms. The van der Waals surface area contributed by atoms with Crippen molar-refractivity contribution >= 4 is 18.4 Å².